The number of aromatic nitrogens is 2. The van der Waals surface area contributed by atoms with E-state index in [0.717, 1.165) is 33.8 Å². The molecule has 6 rings (SSSR count). The monoisotopic (exact) mass is 667 g/mol. The van der Waals surface area contributed by atoms with E-state index >= 15 is 0 Å². The van der Waals surface area contributed by atoms with E-state index in [4.69, 9.17) is 4.43 Å². The summed E-state index contributed by atoms with van der Waals surface area (Å²) in [6, 6.07) is 34.6. The van der Waals surface area contributed by atoms with Gasteiger partial charge in [0.1, 0.15) is 5.75 Å². The summed E-state index contributed by atoms with van der Waals surface area (Å²) >= 11 is 0. The Kier molecular flexibility index (Phi) is 7.90. The van der Waals surface area contributed by atoms with Gasteiger partial charge in [-0.15, -0.1) is 53.6 Å². The van der Waals surface area contributed by atoms with E-state index in [-0.39, 0.29) is 25.9 Å². The summed E-state index contributed by atoms with van der Waals surface area (Å²) in [6.07, 6.45) is 3.53. The van der Waals surface area contributed by atoms with E-state index in [2.05, 4.69) is 59.5 Å². The molecule has 0 spiro atoms. The van der Waals surface area contributed by atoms with Crippen molar-refractivity contribution in [1.82, 2.24) is 9.97 Å². The molecule has 0 atom stereocenters. The summed E-state index contributed by atoms with van der Waals surface area (Å²) in [5.74, 6) is 0.713. The van der Waals surface area contributed by atoms with Crippen LogP contribution >= 0.6 is 0 Å². The van der Waals surface area contributed by atoms with Crippen molar-refractivity contribution in [2.45, 2.75) is 13.1 Å². The summed E-state index contributed by atoms with van der Waals surface area (Å²) < 4.78 is 18.9. The van der Waals surface area contributed by atoms with Gasteiger partial charge in [-0.05, 0) is 42.7 Å². The average Bonchev–Trinajstić information content (AvgIpc) is 2.90. The fourth-order valence-corrected chi connectivity index (χ4v) is 6.75. The first kappa shape index (κ1) is 25.6. The van der Waals surface area contributed by atoms with Gasteiger partial charge in [0.25, 0.3) is 0 Å². The van der Waals surface area contributed by atoms with Gasteiger partial charge in [-0.25, -0.2) is 0 Å². The number of fused-ring (bicyclic) bond motifs is 3. The first-order chi connectivity index (χ1) is 17.0. The van der Waals surface area contributed by atoms with Gasteiger partial charge in [0.05, 0.1) is 0 Å². The zero-order chi connectivity index (χ0) is 24.3. The Morgan fingerprint density at radius 2 is 1.44 bits per heavy atom. The van der Waals surface area contributed by atoms with Crippen molar-refractivity contribution in [2.75, 3.05) is 0 Å². The molecule has 5 aromatic rings. The van der Waals surface area contributed by atoms with Gasteiger partial charge >= 0.3 is 0 Å². The predicted molar refractivity (Wildman–Crippen MR) is 140 cm³/mol. The Hall–Kier alpha value is -3.44. The van der Waals surface area contributed by atoms with Crippen molar-refractivity contribution < 1.29 is 28.9 Å². The zero-order valence-electron chi connectivity index (χ0n) is 19.8. The Labute approximate surface area is 225 Å². The quantitative estimate of drug-likeness (QED) is 0.155. The third-order valence-corrected chi connectivity index (χ3v) is 8.23. The maximum atomic E-state index is 12.6. The molecular formula is C30H23FIrN2OSi-2. The van der Waals surface area contributed by atoms with Crippen molar-refractivity contribution in [3.05, 3.63) is 121 Å². The van der Waals surface area contributed by atoms with Crippen molar-refractivity contribution in [2.24, 2.45) is 0 Å². The van der Waals surface area contributed by atoms with Crippen LogP contribution in [0.15, 0.2) is 103 Å². The number of halogens is 1. The molecule has 0 N–H and O–H groups in total. The number of benzene rings is 3. The molecule has 3 heterocycles. The Bertz CT molecular complexity index is 1430. The second kappa shape index (κ2) is 11.1. The number of hydrogen-bond donors (Lipinski definition) is 0. The Morgan fingerprint density at radius 1 is 0.750 bits per heavy atom. The van der Waals surface area contributed by atoms with Crippen LogP contribution in [0.3, 0.4) is 0 Å². The standard InChI is InChI=1S/C19H16NOSi.C11H7FN.Ir/c1-22(2)19-15(14-8-3-4-12-18(14)21-22)9-7-10-16(19)17-11-5-6-13-20-17;12-10-6-4-9(5-7-10)11-3-1-2-8-13-11;/h3-9,11-13H,1-2H3;1-4,6-8H;/q2*-1;. The van der Waals surface area contributed by atoms with Gasteiger partial charge in [-0.1, -0.05) is 53.2 Å². The first-order valence-corrected chi connectivity index (χ1v) is 14.3. The van der Waals surface area contributed by atoms with Crippen LogP contribution in [0.2, 0.25) is 13.1 Å². The van der Waals surface area contributed by atoms with Crippen LogP contribution < -0.4 is 9.61 Å². The van der Waals surface area contributed by atoms with Gasteiger partial charge in [0.15, 0.2) is 0 Å². The zero-order valence-corrected chi connectivity index (χ0v) is 23.2. The normalized spacial score (nSPS) is 12.5. The second-order valence-corrected chi connectivity index (χ2v) is 12.3. The average molecular weight is 667 g/mol. The summed E-state index contributed by atoms with van der Waals surface area (Å²) in [7, 11) is -2.06. The fraction of sp³-hybridized carbons (Fsp3) is 0.0667. The van der Waals surface area contributed by atoms with Crippen molar-refractivity contribution in [3.63, 3.8) is 0 Å². The minimum atomic E-state index is -2.06. The molecule has 0 saturated carbocycles. The number of rotatable bonds is 2. The van der Waals surface area contributed by atoms with Gasteiger partial charge in [0, 0.05) is 43.9 Å². The predicted octanol–water partition coefficient (Wildman–Crippen LogP) is 6.71. The molecule has 3 aromatic carbocycles. The van der Waals surface area contributed by atoms with Gasteiger partial charge in [-0.3, -0.25) is 4.39 Å². The molecule has 181 valence electrons. The summed E-state index contributed by atoms with van der Waals surface area (Å²) in [6.45, 7) is 4.48. The molecule has 1 radical (unpaired) electrons. The molecule has 3 nitrogen and oxygen atoms in total. The van der Waals surface area contributed by atoms with E-state index in [1.165, 1.54) is 22.9 Å². The van der Waals surface area contributed by atoms with Crippen molar-refractivity contribution in [1.29, 1.82) is 0 Å². The molecule has 1 aliphatic rings. The fourth-order valence-electron chi connectivity index (χ4n) is 4.25. The van der Waals surface area contributed by atoms with Crippen LogP contribution in [-0.2, 0) is 20.1 Å². The molecule has 6 heteroatoms. The molecule has 0 aliphatic carbocycles. The van der Waals surface area contributed by atoms with Crippen LogP contribution in [0.5, 0.6) is 5.75 Å². The van der Waals surface area contributed by atoms with Gasteiger partial charge in [-0.2, -0.15) is 0 Å². The van der Waals surface area contributed by atoms with E-state index in [0.29, 0.717) is 0 Å². The van der Waals surface area contributed by atoms with Crippen LogP contribution in [-0.4, -0.2) is 18.3 Å². The van der Waals surface area contributed by atoms with Crippen molar-refractivity contribution in [3.8, 4) is 39.4 Å². The molecule has 36 heavy (non-hydrogen) atoms. The Morgan fingerprint density at radius 3 is 2.11 bits per heavy atom. The Balaban J connectivity index is 0.000000187. The number of hydrogen-bond acceptors (Lipinski definition) is 3. The topological polar surface area (TPSA) is 35.0 Å². The minimum absolute atomic E-state index is 0. The molecule has 2 aromatic heterocycles. The van der Waals surface area contributed by atoms with Crippen LogP contribution in [0.4, 0.5) is 4.39 Å². The molecular weight excluding hydrogens is 644 g/mol. The smallest absolute Gasteiger partial charge is 0.231 e. The third kappa shape index (κ3) is 5.36. The molecule has 0 amide bonds. The van der Waals surface area contributed by atoms with Gasteiger partial charge in [0.2, 0.25) is 8.32 Å². The van der Waals surface area contributed by atoms with Crippen molar-refractivity contribution >= 4 is 13.5 Å². The minimum Gasteiger partial charge on any atom is -0.547 e. The number of para-hydroxylation sites is 1. The molecule has 0 bridgehead atoms. The maximum Gasteiger partial charge on any atom is 0.231 e. The van der Waals surface area contributed by atoms with Crippen LogP contribution in [0.1, 0.15) is 0 Å². The summed E-state index contributed by atoms with van der Waals surface area (Å²) in [5, 5.41) is 1.28. The van der Waals surface area contributed by atoms with E-state index < -0.39 is 8.32 Å². The summed E-state index contributed by atoms with van der Waals surface area (Å²) in [4.78, 5) is 8.64. The summed E-state index contributed by atoms with van der Waals surface area (Å²) in [5.41, 5.74) is 6.07. The number of nitrogens with zero attached hydrogens (tertiary/aromatic N) is 2. The van der Waals surface area contributed by atoms with E-state index in [9.17, 15) is 4.39 Å². The molecule has 0 unspecified atom stereocenters. The third-order valence-electron chi connectivity index (χ3n) is 5.78. The molecule has 0 fully saturated rings. The van der Waals surface area contributed by atoms with Crippen LogP contribution in [0, 0.1) is 17.9 Å². The largest absolute Gasteiger partial charge is 0.547 e. The number of pyridine rings is 2. The van der Waals surface area contributed by atoms with Crippen LogP contribution in [0.25, 0.3) is 33.6 Å². The van der Waals surface area contributed by atoms with E-state index in [1.807, 2.05) is 54.7 Å². The maximum absolute atomic E-state index is 12.6. The molecule has 1 aliphatic heterocycles. The van der Waals surface area contributed by atoms with Gasteiger partial charge < -0.3 is 14.4 Å². The second-order valence-electron chi connectivity index (χ2n) is 8.60. The van der Waals surface area contributed by atoms with E-state index in [1.54, 1.807) is 12.3 Å². The first-order valence-electron chi connectivity index (χ1n) is 11.4. The SMILES string of the molecule is C[Si]1(C)Oc2ccccc2-c2cc[c-]c(-c3ccccn3)c21.Fc1c[c-]c(-c2ccccn2)cc1.[Ir]. The molecule has 0 saturated heterocycles.